The van der Waals surface area contributed by atoms with Crippen LogP contribution >= 0.6 is 0 Å². The van der Waals surface area contributed by atoms with E-state index in [-0.39, 0.29) is 17.9 Å². The Hall–Kier alpha value is -0.900. The zero-order valence-corrected chi connectivity index (χ0v) is 10.0. The Bertz CT molecular complexity index is 312. The van der Waals surface area contributed by atoms with E-state index in [2.05, 4.69) is 24.5 Å². The van der Waals surface area contributed by atoms with Gasteiger partial charge in [0.1, 0.15) is 0 Å². The molecule has 2 aliphatic rings. The van der Waals surface area contributed by atoms with E-state index in [1.54, 1.807) is 0 Å². The Balaban J connectivity index is 1.90. The molecule has 2 atom stereocenters. The standard InChI is InChI=1S/C12H20N2O2/c1-12(2)5-3-4-8(7-12)13-9-6-10(15)14-11(9)16/h8-9,13H,3-7H2,1-2H3,(H,14,15,16). The first kappa shape index (κ1) is 11.6. The Kier molecular flexibility index (Phi) is 3.02. The first-order valence-electron chi connectivity index (χ1n) is 6.06. The third kappa shape index (κ3) is 2.61. The molecule has 0 aromatic rings. The molecule has 1 aliphatic heterocycles. The molecule has 2 fully saturated rings. The second-order valence-corrected chi connectivity index (χ2v) is 5.79. The SMILES string of the molecule is CC1(C)CCCC(NC2CC(=O)NC2=O)C1. The topological polar surface area (TPSA) is 58.2 Å². The van der Waals surface area contributed by atoms with Gasteiger partial charge in [0.2, 0.25) is 11.8 Å². The largest absolute Gasteiger partial charge is 0.303 e. The number of hydrogen-bond acceptors (Lipinski definition) is 3. The number of nitrogens with one attached hydrogen (secondary N) is 2. The number of carbonyl (C=O) groups excluding carboxylic acids is 2. The maximum atomic E-state index is 11.4. The van der Waals surface area contributed by atoms with Gasteiger partial charge in [-0.3, -0.25) is 14.9 Å². The van der Waals surface area contributed by atoms with Gasteiger partial charge in [0.25, 0.3) is 0 Å². The number of hydrogen-bond donors (Lipinski definition) is 2. The molecule has 1 heterocycles. The lowest BCUT2D eigenvalue weighted by atomic mass is 9.75. The van der Waals surface area contributed by atoms with Crippen molar-refractivity contribution in [2.75, 3.05) is 0 Å². The van der Waals surface area contributed by atoms with Crippen LogP contribution in [-0.4, -0.2) is 23.9 Å². The maximum Gasteiger partial charge on any atom is 0.244 e. The minimum Gasteiger partial charge on any atom is -0.303 e. The highest BCUT2D eigenvalue weighted by atomic mass is 16.2. The lowest BCUT2D eigenvalue weighted by Crippen LogP contribution is -2.46. The second-order valence-electron chi connectivity index (χ2n) is 5.79. The van der Waals surface area contributed by atoms with Crippen molar-refractivity contribution < 1.29 is 9.59 Å². The van der Waals surface area contributed by atoms with Gasteiger partial charge in [0, 0.05) is 6.04 Å². The molecule has 1 aliphatic carbocycles. The van der Waals surface area contributed by atoms with Gasteiger partial charge in [0.05, 0.1) is 12.5 Å². The first-order chi connectivity index (χ1) is 7.46. The van der Waals surface area contributed by atoms with E-state index in [4.69, 9.17) is 0 Å². The van der Waals surface area contributed by atoms with Gasteiger partial charge in [0.15, 0.2) is 0 Å². The van der Waals surface area contributed by atoms with Crippen LogP contribution in [0.15, 0.2) is 0 Å². The molecule has 4 nitrogen and oxygen atoms in total. The van der Waals surface area contributed by atoms with Crippen molar-refractivity contribution in [3.8, 4) is 0 Å². The molecule has 0 bridgehead atoms. The fourth-order valence-corrected chi connectivity index (χ4v) is 2.81. The van der Waals surface area contributed by atoms with Crippen molar-refractivity contribution in [1.29, 1.82) is 0 Å². The average Bonchev–Trinajstić information content (AvgIpc) is 2.43. The van der Waals surface area contributed by atoms with E-state index in [1.165, 1.54) is 12.8 Å². The Morgan fingerprint density at radius 2 is 2.12 bits per heavy atom. The second kappa shape index (κ2) is 4.17. The molecule has 1 saturated carbocycles. The number of carbonyl (C=O) groups is 2. The fraction of sp³-hybridized carbons (Fsp3) is 0.833. The zero-order chi connectivity index (χ0) is 11.8. The summed E-state index contributed by atoms with van der Waals surface area (Å²) in [6.07, 6.45) is 4.95. The van der Waals surface area contributed by atoms with Crippen LogP contribution in [0.2, 0.25) is 0 Å². The average molecular weight is 224 g/mol. The highest BCUT2D eigenvalue weighted by Crippen LogP contribution is 2.35. The molecule has 2 unspecified atom stereocenters. The van der Waals surface area contributed by atoms with E-state index in [9.17, 15) is 9.59 Å². The highest BCUT2D eigenvalue weighted by Gasteiger charge is 2.35. The van der Waals surface area contributed by atoms with Crippen molar-refractivity contribution in [1.82, 2.24) is 10.6 Å². The van der Waals surface area contributed by atoms with Gasteiger partial charge in [-0.05, 0) is 24.7 Å². The van der Waals surface area contributed by atoms with E-state index in [0.717, 1.165) is 12.8 Å². The van der Waals surface area contributed by atoms with Gasteiger partial charge in [-0.15, -0.1) is 0 Å². The number of imide groups is 1. The molecule has 2 N–H and O–H groups in total. The van der Waals surface area contributed by atoms with Crippen LogP contribution in [-0.2, 0) is 9.59 Å². The van der Waals surface area contributed by atoms with E-state index < -0.39 is 0 Å². The lowest BCUT2D eigenvalue weighted by molar-refractivity contribution is -0.125. The molecular weight excluding hydrogens is 204 g/mol. The molecule has 2 amide bonds. The van der Waals surface area contributed by atoms with Crippen molar-refractivity contribution in [2.24, 2.45) is 5.41 Å². The zero-order valence-electron chi connectivity index (χ0n) is 10.0. The summed E-state index contributed by atoms with van der Waals surface area (Å²) in [6.45, 7) is 4.53. The summed E-state index contributed by atoms with van der Waals surface area (Å²) in [5, 5.41) is 5.66. The summed E-state index contributed by atoms with van der Waals surface area (Å²) in [6, 6.07) is 0.0804. The monoisotopic (exact) mass is 224 g/mol. The van der Waals surface area contributed by atoms with E-state index >= 15 is 0 Å². The quantitative estimate of drug-likeness (QED) is 0.687. The van der Waals surface area contributed by atoms with Crippen LogP contribution in [0.4, 0.5) is 0 Å². The third-order valence-corrected chi connectivity index (χ3v) is 3.61. The molecule has 16 heavy (non-hydrogen) atoms. The van der Waals surface area contributed by atoms with E-state index in [0.29, 0.717) is 17.9 Å². The van der Waals surface area contributed by atoms with Crippen LogP contribution in [0.5, 0.6) is 0 Å². The van der Waals surface area contributed by atoms with Crippen LogP contribution < -0.4 is 10.6 Å². The minimum atomic E-state index is -0.300. The molecule has 1 saturated heterocycles. The van der Waals surface area contributed by atoms with E-state index in [1.807, 2.05) is 0 Å². The van der Waals surface area contributed by atoms with Crippen molar-refractivity contribution >= 4 is 11.8 Å². The molecular formula is C12H20N2O2. The first-order valence-corrected chi connectivity index (χ1v) is 6.06. The van der Waals surface area contributed by atoms with Crippen LogP contribution in [0.25, 0.3) is 0 Å². The molecule has 2 rings (SSSR count). The summed E-state index contributed by atoms with van der Waals surface area (Å²) in [5.41, 5.74) is 0.356. The Morgan fingerprint density at radius 1 is 1.38 bits per heavy atom. The third-order valence-electron chi connectivity index (χ3n) is 3.61. The van der Waals surface area contributed by atoms with Gasteiger partial charge in [-0.2, -0.15) is 0 Å². The van der Waals surface area contributed by atoms with Gasteiger partial charge in [-0.1, -0.05) is 20.3 Å². The number of amides is 2. The van der Waals surface area contributed by atoms with Crippen LogP contribution in [0.3, 0.4) is 0 Å². The van der Waals surface area contributed by atoms with Crippen LogP contribution in [0.1, 0.15) is 46.0 Å². The lowest BCUT2D eigenvalue weighted by Gasteiger charge is -2.36. The van der Waals surface area contributed by atoms with Gasteiger partial charge >= 0.3 is 0 Å². The summed E-state index contributed by atoms with van der Waals surface area (Å²) >= 11 is 0. The van der Waals surface area contributed by atoms with Gasteiger partial charge < -0.3 is 5.32 Å². The Morgan fingerprint density at radius 3 is 2.69 bits per heavy atom. The van der Waals surface area contributed by atoms with Gasteiger partial charge in [-0.25, -0.2) is 0 Å². The molecule has 0 aromatic heterocycles. The molecule has 4 heteroatoms. The molecule has 0 radical (unpaired) electrons. The Labute approximate surface area is 96.2 Å². The predicted octanol–water partition coefficient (Wildman–Crippen LogP) is 0.960. The van der Waals surface area contributed by atoms with Crippen molar-refractivity contribution in [3.05, 3.63) is 0 Å². The maximum absolute atomic E-state index is 11.4. The molecule has 0 spiro atoms. The summed E-state index contributed by atoms with van der Waals surface area (Å²) in [4.78, 5) is 22.5. The summed E-state index contributed by atoms with van der Waals surface area (Å²) in [7, 11) is 0. The molecule has 0 aromatic carbocycles. The van der Waals surface area contributed by atoms with Crippen molar-refractivity contribution in [3.63, 3.8) is 0 Å². The fourth-order valence-electron chi connectivity index (χ4n) is 2.81. The number of rotatable bonds is 2. The summed E-state index contributed by atoms with van der Waals surface area (Å²) < 4.78 is 0. The molecule has 90 valence electrons. The predicted molar refractivity (Wildman–Crippen MR) is 60.7 cm³/mol. The normalized spacial score (nSPS) is 33.9. The van der Waals surface area contributed by atoms with Crippen molar-refractivity contribution in [2.45, 2.75) is 58.0 Å². The smallest absolute Gasteiger partial charge is 0.244 e. The minimum absolute atomic E-state index is 0.155. The van der Waals surface area contributed by atoms with Crippen LogP contribution in [0, 0.1) is 5.41 Å². The highest BCUT2D eigenvalue weighted by molar-refractivity contribution is 6.05. The summed E-state index contributed by atoms with van der Waals surface area (Å²) in [5.74, 6) is -0.314.